The van der Waals surface area contributed by atoms with Crippen LogP contribution in [0.5, 0.6) is 0 Å². The Labute approximate surface area is 342 Å². The molecule has 1 aliphatic carbocycles. The summed E-state index contributed by atoms with van der Waals surface area (Å²) in [7, 11) is 0. The zero-order valence-electron chi connectivity index (χ0n) is 32.8. The van der Waals surface area contributed by atoms with Crippen molar-refractivity contribution in [2.45, 2.75) is 19.3 Å². The maximum Gasteiger partial charge on any atom is 0.234 e. The number of fused-ring (bicyclic) bond motifs is 9. The molecular formula is C55H38N4. The predicted molar refractivity (Wildman–Crippen MR) is 245 cm³/mol. The second kappa shape index (κ2) is 12.7. The molecular weight excluding hydrogens is 717 g/mol. The third-order valence-electron chi connectivity index (χ3n) is 12.6. The van der Waals surface area contributed by atoms with Crippen molar-refractivity contribution < 1.29 is 0 Å². The van der Waals surface area contributed by atoms with Crippen LogP contribution < -0.4 is 0 Å². The molecule has 0 bridgehead atoms. The van der Waals surface area contributed by atoms with Crippen molar-refractivity contribution in [3.05, 3.63) is 206 Å². The Balaban J connectivity index is 0.932. The van der Waals surface area contributed by atoms with Crippen LogP contribution in [0.4, 0.5) is 0 Å². The fourth-order valence-corrected chi connectivity index (χ4v) is 9.69. The van der Waals surface area contributed by atoms with Crippen LogP contribution in [0, 0.1) is 0 Å². The molecule has 1 aliphatic rings. The second-order valence-electron chi connectivity index (χ2n) is 16.3. The molecule has 12 rings (SSSR count). The summed E-state index contributed by atoms with van der Waals surface area (Å²) in [5, 5.41) is 4.83. The molecule has 0 N–H and O–H groups in total. The van der Waals surface area contributed by atoms with E-state index in [9.17, 15) is 0 Å². The Bertz CT molecular complexity index is 3440. The van der Waals surface area contributed by atoms with Gasteiger partial charge in [0.15, 0.2) is 0 Å². The molecule has 3 heterocycles. The van der Waals surface area contributed by atoms with E-state index in [4.69, 9.17) is 9.97 Å². The highest BCUT2D eigenvalue weighted by molar-refractivity contribution is 6.12. The van der Waals surface area contributed by atoms with Gasteiger partial charge in [-0.15, -0.1) is 0 Å². The maximum absolute atomic E-state index is 5.07. The largest absolute Gasteiger partial charge is 0.309 e. The quantitative estimate of drug-likeness (QED) is 0.175. The zero-order chi connectivity index (χ0) is 39.2. The molecule has 0 saturated carbocycles. The van der Waals surface area contributed by atoms with Crippen LogP contribution in [0.3, 0.4) is 0 Å². The lowest BCUT2D eigenvalue weighted by Gasteiger charge is -2.22. The van der Waals surface area contributed by atoms with Gasteiger partial charge in [0.2, 0.25) is 5.95 Å². The van der Waals surface area contributed by atoms with Crippen molar-refractivity contribution in [2.75, 3.05) is 0 Å². The average Bonchev–Trinajstić information content (AvgIpc) is 3.89. The standard InChI is InChI=1S/C55H38N4/c1-55(2)48-30-37(35-13-5-3-6-14-35)21-25-42(48)43-26-22-38(31-49(43)55)40-33-56-54(57-34-40)59-51-20-12-9-17-44(51)46-27-23-39(32-53(46)59)36-24-28-52-47(29-36)45-18-10-11-19-50(45)58(52)41-15-7-4-8-16-41/h3-34H,1-2H3. The summed E-state index contributed by atoms with van der Waals surface area (Å²) in [6.45, 7) is 4.68. The van der Waals surface area contributed by atoms with E-state index < -0.39 is 0 Å². The topological polar surface area (TPSA) is 35.6 Å². The van der Waals surface area contributed by atoms with Crippen molar-refractivity contribution in [1.29, 1.82) is 0 Å². The Morgan fingerprint density at radius 3 is 1.54 bits per heavy atom. The van der Waals surface area contributed by atoms with Gasteiger partial charge in [0.1, 0.15) is 0 Å². The molecule has 0 unspecified atom stereocenters. The molecule has 11 aromatic rings. The van der Waals surface area contributed by atoms with Crippen molar-refractivity contribution in [1.82, 2.24) is 19.1 Å². The summed E-state index contributed by atoms with van der Waals surface area (Å²) in [6.07, 6.45) is 3.96. The number of hydrogen-bond acceptors (Lipinski definition) is 2. The SMILES string of the molecule is CC1(C)c2cc(-c3ccccc3)ccc2-c2ccc(-c3cnc(-n4c5ccccc5c5ccc(-c6ccc7c(c6)c6ccccc6n7-c6ccccc6)cc54)nc3)cc21. The molecule has 0 fully saturated rings. The fourth-order valence-electron chi connectivity index (χ4n) is 9.69. The summed E-state index contributed by atoms with van der Waals surface area (Å²) in [6, 6.07) is 65.9. The van der Waals surface area contributed by atoms with E-state index in [2.05, 4.69) is 205 Å². The lowest BCUT2D eigenvalue weighted by Crippen LogP contribution is -2.15. The first-order chi connectivity index (χ1) is 29.0. The minimum Gasteiger partial charge on any atom is -0.309 e. The van der Waals surface area contributed by atoms with E-state index in [1.165, 1.54) is 71.5 Å². The van der Waals surface area contributed by atoms with E-state index in [0.29, 0.717) is 5.95 Å². The normalized spacial score (nSPS) is 13.1. The molecule has 4 nitrogen and oxygen atoms in total. The van der Waals surface area contributed by atoms with Gasteiger partial charge in [-0.2, -0.15) is 0 Å². The Morgan fingerprint density at radius 2 is 0.847 bits per heavy atom. The maximum atomic E-state index is 5.07. The number of hydrogen-bond donors (Lipinski definition) is 0. The van der Waals surface area contributed by atoms with Gasteiger partial charge in [0.05, 0.1) is 22.1 Å². The van der Waals surface area contributed by atoms with Crippen LogP contribution >= 0.6 is 0 Å². The van der Waals surface area contributed by atoms with Crippen molar-refractivity contribution in [3.8, 4) is 56.1 Å². The van der Waals surface area contributed by atoms with Gasteiger partial charge in [-0.1, -0.05) is 141 Å². The molecule has 0 spiro atoms. The first kappa shape index (κ1) is 33.6. The van der Waals surface area contributed by atoms with Crippen LogP contribution in [0.15, 0.2) is 194 Å². The number of para-hydroxylation sites is 3. The lowest BCUT2D eigenvalue weighted by atomic mass is 9.81. The van der Waals surface area contributed by atoms with Crippen LogP contribution in [-0.4, -0.2) is 19.1 Å². The van der Waals surface area contributed by atoms with Crippen molar-refractivity contribution in [3.63, 3.8) is 0 Å². The molecule has 0 amide bonds. The number of nitrogens with zero attached hydrogens (tertiary/aromatic N) is 4. The molecule has 4 heteroatoms. The number of aromatic nitrogens is 4. The third kappa shape index (κ3) is 5.09. The van der Waals surface area contributed by atoms with Gasteiger partial charge in [-0.05, 0) is 105 Å². The van der Waals surface area contributed by atoms with Crippen LogP contribution in [-0.2, 0) is 5.41 Å². The number of benzene rings is 8. The highest BCUT2D eigenvalue weighted by atomic mass is 15.1. The predicted octanol–water partition coefficient (Wildman–Crippen LogP) is 14.0. The molecule has 0 atom stereocenters. The first-order valence-corrected chi connectivity index (χ1v) is 20.3. The van der Waals surface area contributed by atoms with Gasteiger partial charge in [-0.3, -0.25) is 4.57 Å². The van der Waals surface area contributed by atoms with E-state index in [1.807, 2.05) is 12.4 Å². The minimum atomic E-state index is -0.142. The summed E-state index contributed by atoms with van der Waals surface area (Å²) in [5.74, 6) is 0.654. The molecule has 0 aliphatic heterocycles. The molecule has 278 valence electrons. The van der Waals surface area contributed by atoms with E-state index >= 15 is 0 Å². The summed E-state index contributed by atoms with van der Waals surface area (Å²) in [4.78, 5) is 10.1. The lowest BCUT2D eigenvalue weighted by molar-refractivity contribution is 0.661. The second-order valence-corrected chi connectivity index (χ2v) is 16.3. The van der Waals surface area contributed by atoms with E-state index in [-0.39, 0.29) is 5.41 Å². The van der Waals surface area contributed by atoms with E-state index in [1.54, 1.807) is 0 Å². The Kier molecular flexibility index (Phi) is 7.24. The van der Waals surface area contributed by atoms with Gasteiger partial charge in [0.25, 0.3) is 0 Å². The molecule has 0 saturated heterocycles. The Morgan fingerprint density at radius 1 is 0.356 bits per heavy atom. The van der Waals surface area contributed by atoms with Crippen LogP contribution in [0.2, 0.25) is 0 Å². The van der Waals surface area contributed by atoms with Gasteiger partial charge in [0, 0.05) is 50.6 Å². The van der Waals surface area contributed by atoms with Gasteiger partial charge in [-0.25, -0.2) is 9.97 Å². The van der Waals surface area contributed by atoms with Crippen molar-refractivity contribution in [2.24, 2.45) is 0 Å². The highest BCUT2D eigenvalue weighted by Gasteiger charge is 2.36. The number of rotatable bonds is 5. The zero-order valence-corrected chi connectivity index (χ0v) is 32.8. The molecule has 8 aromatic carbocycles. The van der Waals surface area contributed by atoms with Gasteiger partial charge < -0.3 is 4.57 Å². The van der Waals surface area contributed by atoms with Crippen LogP contribution in [0.25, 0.3) is 99.8 Å². The van der Waals surface area contributed by atoms with E-state index in [0.717, 1.165) is 33.4 Å². The Hall–Kier alpha value is -7.56. The first-order valence-electron chi connectivity index (χ1n) is 20.3. The fraction of sp³-hybridized carbons (Fsp3) is 0.0545. The summed E-state index contributed by atoms with van der Waals surface area (Å²) < 4.78 is 4.57. The molecule has 0 radical (unpaired) electrons. The minimum absolute atomic E-state index is 0.142. The third-order valence-corrected chi connectivity index (χ3v) is 12.6. The molecule has 59 heavy (non-hydrogen) atoms. The average molecular weight is 755 g/mol. The smallest absolute Gasteiger partial charge is 0.234 e. The summed E-state index contributed by atoms with van der Waals surface area (Å²) in [5.41, 5.74) is 17.8. The monoisotopic (exact) mass is 754 g/mol. The van der Waals surface area contributed by atoms with Gasteiger partial charge >= 0.3 is 0 Å². The summed E-state index contributed by atoms with van der Waals surface area (Å²) >= 11 is 0. The van der Waals surface area contributed by atoms with Crippen LogP contribution in [0.1, 0.15) is 25.0 Å². The highest BCUT2D eigenvalue weighted by Crippen LogP contribution is 2.50. The van der Waals surface area contributed by atoms with Crippen molar-refractivity contribution >= 4 is 43.6 Å². The molecule has 3 aromatic heterocycles.